The lowest BCUT2D eigenvalue weighted by Gasteiger charge is -2.10. The van der Waals surface area contributed by atoms with Crippen LogP contribution in [0.2, 0.25) is 0 Å². The van der Waals surface area contributed by atoms with Crippen LogP contribution in [0.1, 0.15) is 11.1 Å². The van der Waals surface area contributed by atoms with Gasteiger partial charge in [0.1, 0.15) is 0 Å². The van der Waals surface area contributed by atoms with E-state index in [2.05, 4.69) is 20.1 Å². The number of rotatable bonds is 6. The van der Waals surface area contributed by atoms with Crippen molar-refractivity contribution in [3.05, 3.63) is 64.5 Å². The van der Waals surface area contributed by atoms with E-state index in [1.807, 2.05) is 13.0 Å². The SMILES string of the molecule is Cc1cncc(Cn2nc(-c3cnc(OCC(F)(F)P)nc3)ccc2=O)c1. The Morgan fingerprint density at radius 3 is 2.59 bits per heavy atom. The van der Waals surface area contributed by atoms with Crippen molar-refractivity contribution in [2.24, 2.45) is 0 Å². The molecule has 0 spiro atoms. The molecule has 7 nitrogen and oxygen atoms in total. The summed E-state index contributed by atoms with van der Waals surface area (Å²) in [5, 5.41) is 4.31. The number of alkyl halides is 2. The van der Waals surface area contributed by atoms with Gasteiger partial charge in [-0.2, -0.15) is 13.9 Å². The third kappa shape index (κ3) is 5.34. The first-order valence-electron chi connectivity index (χ1n) is 7.91. The normalized spacial score (nSPS) is 11.4. The van der Waals surface area contributed by atoms with Gasteiger partial charge in [0.25, 0.3) is 11.2 Å². The van der Waals surface area contributed by atoms with Crippen molar-refractivity contribution in [1.82, 2.24) is 24.7 Å². The Bertz CT molecular complexity index is 990. The van der Waals surface area contributed by atoms with Crippen LogP contribution in [0.3, 0.4) is 0 Å². The average Bonchev–Trinajstić information content (AvgIpc) is 2.62. The monoisotopic (exact) mass is 391 g/mol. The molecule has 0 saturated carbocycles. The fraction of sp³-hybridized carbons (Fsp3) is 0.235. The summed E-state index contributed by atoms with van der Waals surface area (Å²) in [5.41, 5.74) is -0.487. The Kier molecular flexibility index (Phi) is 5.51. The summed E-state index contributed by atoms with van der Waals surface area (Å²) in [6.45, 7) is 1.34. The number of hydrogen-bond donors (Lipinski definition) is 0. The standard InChI is InChI=1S/C17H16F2N5O2P/c1-11-4-12(6-20-5-11)9-24-15(25)3-2-14(23-24)13-7-21-16(22-8-13)26-10-17(18,19)27/h2-8H,9-10,27H2,1H3. The van der Waals surface area contributed by atoms with Gasteiger partial charge < -0.3 is 4.74 Å². The van der Waals surface area contributed by atoms with Crippen molar-refractivity contribution >= 4 is 9.24 Å². The number of hydrogen-bond acceptors (Lipinski definition) is 6. The smallest absolute Gasteiger partial charge is 0.316 e. The molecule has 3 aromatic rings. The van der Waals surface area contributed by atoms with Gasteiger partial charge in [-0.15, -0.1) is 0 Å². The molecule has 0 N–H and O–H groups in total. The van der Waals surface area contributed by atoms with Crippen molar-refractivity contribution < 1.29 is 13.5 Å². The van der Waals surface area contributed by atoms with Crippen LogP contribution in [-0.4, -0.2) is 37.0 Å². The van der Waals surface area contributed by atoms with Gasteiger partial charge in [0.2, 0.25) is 0 Å². The van der Waals surface area contributed by atoms with Crippen molar-refractivity contribution in [2.45, 2.75) is 19.1 Å². The summed E-state index contributed by atoms with van der Waals surface area (Å²) in [6.07, 6.45) is 6.19. The van der Waals surface area contributed by atoms with Crippen LogP contribution in [0.4, 0.5) is 8.78 Å². The molecule has 3 aromatic heterocycles. The maximum atomic E-state index is 12.8. The van der Waals surface area contributed by atoms with Crippen LogP contribution < -0.4 is 10.3 Å². The number of nitrogens with zero attached hydrogens (tertiary/aromatic N) is 5. The molecule has 0 radical (unpaired) electrons. The Morgan fingerprint density at radius 1 is 1.19 bits per heavy atom. The van der Waals surface area contributed by atoms with Gasteiger partial charge in [-0.05, 0) is 24.1 Å². The summed E-state index contributed by atoms with van der Waals surface area (Å²) in [5.74, 6) is 0. The molecule has 27 heavy (non-hydrogen) atoms. The predicted molar refractivity (Wildman–Crippen MR) is 97.8 cm³/mol. The second-order valence-electron chi connectivity index (χ2n) is 5.89. The number of aromatic nitrogens is 5. The highest BCUT2D eigenvalue weighted by molar-refractivity contribution is 7.18. The lowest BCUT2D eigenvalue weighted by molar-refractivity contribution is 0.0422. The zero-order valence-corrected chi connectivity index (χ0v) is 15.5. The van der Waals surface area contributed by atoms with Gasteiger partial charge in [-0.3, -0.25) is 9.78 Å². The first kappa shape index (κ1) is 19.0. The quantitative estimate of drug-likeness (QED) is 0.600. The lowest BCUT2D eigenvalue weighted by Crippen LogP contribution is -2.23. The molecule has 0 aliphatic rings. The topological polar surface area (TPSA) is 82.8 Å². The molecule has 0 bridgehead atoms. The van der Waals surface area contributed by atoms with Gasteiger partial charge in [-0.1, -0.05) is 15.3 Å². The Hall–Kier alpha value is -2.80. The zero-order chi connectivity index (χ0) is 19.4. The second kappa shape index (κ2) is 7.84. The fourth-order valence-corrected chi connectivity index (χ4v) is 2.36. The molecule has 10 heteroatoms. The largest absolute Gasteiger partial charge is 0.457 e. The van der Waals surface area contributed by atoms with E-state index in [4.69, 9.17) is 4.74 Å². The molecule has 0 saturated heterocycles. The Labute approximate surface area is 155 Å². The van der Waals surface area contributed by atoms with Crippen LogP contribution in [0.25, 0.3) is 11.3 Å². The summed E-state index contributed by atoms with van der Waals surface area (Å²) in [7, 11) is 1.38. The summed E-state index contributed by atoms with van der Waals surface area (Å²) in [4.78, 5) is 24.0. The van der Waals surface area contributed by atoms with Gasteiger partial charge >= 0.3 is 6.01 Å². The van der Waals surface area contributed by atoms with E-state index < -0.39 is 12.3 Å². The second-order valence-corrected chi connectivity index (χ2v) is 6.73. The van der Waals surface area contributed by atoms with Gasteiger partial charge in [0.15, 0.2) is 6.61 Å². The van der Waals surface area contributed by atoms with E-state index >= 15 is 0 Å². The molecule has 3 heterocycles. The number of pyridine rings is 1. The third-order valence-electron chi connectivity index (χ3n) is 3.45. The van der Waals surface area contributed by atoms with E-state index in [1.54, 1.807) is 18.5 Å². The van der Waals surface area contributed by atoms with E-state index in [9.17, 15) is 13.6 Å². The first-order chi connectivity index (χ1) is 12.8. The van der Waals surface area contributed by atoms with Crippen LogP contribution in [-0.2, 0) is 6.54 Å². The third-order valence-corrected chi connectivity index (χ3v) is 3.61. The van der Waals surface area contributed by atoms with E-state index in [-0.39, 0.29) is 18.1 Å². The maximum absolute atomic E-state index is 12.8. The Balaban J connectivity index is 1.80. The Morgan fingerprint density at radius 2 is 1.93 bits per heavy atom. The predicted octanol–water partition coefficient (Wildman–Crippen LogP) is 2.30. The number of ether oxygens (including phenoxy) is 1. The maximum Gasteiger partial charge on any atom is 0.316 e. The van der Waals surface area contributed by atoms with E-state index in [0.717, 1.165) is 11.1 Å². The summed E-state index contributed by atoms with van der Waals surface area (Å²) in [6, 6.07) is 4.69. The molecular formula is C17H16F2N5O2P. The fourth-order valence-electron chi connectivity index (χ4n) is 2.28. The molecule has 1 unspecified atom stereocenters. The summed E-state index contributed by atoms with van der Waals surface area (Å²) >= 11 is 0. The molecular weight excluding hydrogens is 375 g/mol. The highest BCUT2D eigenvalue weighted by Crippen LogP contribution is 2.22. The molecule has 0 aliphatic carbocycles. The van der Waals surface area contributed by atoms with Crippen LogP contribution in [0.15, 0.2) is 47.8 Å². The molecule has 0 aliphatic heterocycles. The summed E-state index contributed by atoms with van der Waals surface area (Å²) < 4.78 is 31.7. The average molecular weight is 391 g/mol. The molecule has 0 amide bonds. The van der Waals surface area contributed by atoms with Crippen LogP contribution in [0, 0.1) is 6.92 Å². The molecule has 1 atom stereocenters. The van der Waals surface area contributed by atoms with Crippen molar-refractivity contribution in [1.29, 1.82) is 0 Å². The minimum Gasteiger partial charge on any atom is -0.457 e. The van der Waals surface area contributed by atoms with Gasteiger partial charge in [0, 0.05) is 36.4 Å². The molecule has 0 aromatic carbocycles. The van der Waals surface area contributed by atoms with Crippen LogP contribution in [0.5, 0.6) is 6.01 Å². The van der Waals surface area contributed by atoms with Gasteiger partial charge in [0.05, 0.1) is 12.2 Å². The van der Waals surface area contributed by atoms with Crippen LogP contribution >= 0.6 is 9.24 Å². The van der Waals surface area contributed by atoms with Crippen molar-refractivity contribution in [2.75, 3.05) is 6.61 Å². The van der Waals surface area contributed by atoms with Crippen molar-refractivity contribution in [3.63, 3.8) is 0 Å². The minimum absolute atomic E-state index is 0.167. The van der Waals surface area contributed by atoms with Crippen molar-refractivity contribution in [3.8, 4) is 17.3 Å². The first-order valence-corrected chi connectivity index (χ1v) is 8.48. The highest BCUT2D eigenvalue weighted by Gasteiger charge is 2.22. The molecule has 0 fully saturated rings. The molecule has 3 rings (SSSR count). The minimum atomic E-state index is -3.05. The lowest BCUT2D eigenvalue weighted by atomic mass is 10.2. The van der Waals surface area contributed by atoms with E-state index in [0.29, 0.717) is 11.3 Å². The highest BCUT2D eigenvalue weighted by atomic mass is 31.0. The van der Waals surface area contributed by atoms with E-state index in [1.165, 1.54) is 32.4 Å². The van der Waals surface area contributed by atoms with Gasteiger partial charge in [-0.25, -0.2) is 14.6 Å². The zero-order valence-electron chi connectivity index (χ0n) is 14.3. The molecule has 140 valence electrons. The number of halogens is 2. The number of aryl methyl sites for hydroxylation is 1.